The second kappa shape index (κ2) is 9.46. The number of nitrogens with zero attached hydrogens (tertiary/aromatic N) is 1. The summed E-state index contributed by atoms with van der Waals surface area (Å²) < 4.78 is 24.5. The molecule has 0 aliphatic carbocycles. The Morgan fingerprint density at radius 2 is 1.84 bits per heavy atom. The lowest BCUT2D eigenvalue weighted by atomic mass is 10.1. The van der Waals surface area contributed by atoms with Gasteiger partial charge in [0.2, 0.25) is 0 Å². The molecular formula is C24H17ClFNO4S. The molecule has 32 heavy (non-hydrogen) atoms. The van der Waals surface area contributed by atoms with Gasteiger partial charge < -0.3 is 9.47 Å². The van der Waals surface area contributed by atoms with E-state index in [9.17, 15) is 14.0 Å². The summed E-state index contributed by atoms with van der Waals surface area (Å²) in [6, 6.07) is 18.0. The van der Waals surface area contributed by atoms with Crippen LogP contribution in [0.5, 0.6) is 11.5 Å². The van der Waals surface area contributed by atoms with Crippen LogP contribution in [-0.2, 0) is 11.4 Å². The number of benzene rings is 3. The van der Waals surface area contributed by atoms with E-state index in [1.807, 2.05) is 0 Å². The van der Waals surface area contributed by atoms with E-state index >= 15 is 0 Å². The van der Waals surface area contributed by atoms with Crippen LogP contribution in [0.15, 0.2) is 71.6 Å². The fraction of sp³-hybridized carbons (Fsp3) is 0.0833. The normalized spacial score (nSPS) is 14.8. The SMILES string of the molecule is COc1cc(/C=C2\SC(=O)N(c3ccccc3Cl)C2=O)ccc1OCc1cccc(F)c1. The maximum atomic E-state index is 13.4. The van der Waals surface area contributed by atoms with Crippen molar-refractivity contribution < 1.29 is 23.5 Å². The van der Waals surface area contributed by atoms with Gasteiger partial charge in [0.05, 0.1) is 22.7 Å². The molecule has 3 aromatic carbocycles. The van der Waals surface area contributed by atoms with Gasteiger partial charge in [0.15, 0.2) is 11.5 Å². The maximum Gasteiger partial charge on any atom is 0.298 e. The van der Waals surface area contributed by atoms with Crippen LogP contribution in [0.3, 0.4) is 0 Å². The van der Waals surface area contributed by atoms with Crippen LogP contribution in [0.4, 0.5) is 14.9 Å². The molecule has 0 spiro atoms. The lowest BCUT2D eigenvalue weighted by Crippen LogP contribution is -2.27. The van der Waals surface area contributed by atoms with Crippen molar-refractivity contribution in [1.29, 1.82) is 0 Å². The van der Waals surface area contributed by atoms with Gasteiger partial charge in [0.25, 0.3) is 11.1 Å². The number of rotatable bonds is 6. The molecule has 1 aliphatic rings. The van der Waals surface area contributed by atoms with Gasteiger partial charge >= 0.3 is 0 Å². The highest BCUT2D eigenvalue weighted by atomic mass is 35.5. The van der Waals surface area contributed by atoms with Crippen LogP contribution < -0.4 is 14.4 Å². The third kappa shape index (κ3) is 4.64. The third-order valence-electron chi connectivity index (χ3n) is 4.66. The Balaban J connectivity index is 1.54. The van der Waals surface area contributed by atoms with Crippen LogP contribution >= 0.6 is 23.4 Å². The van der Waals surface area contributed by atoms with E-state index in [-0.39, 0.29) is 17.3 Å². The number of hydrogen-bond acceptors (Lipinski definition) is 5. The highest BCUT2D eigenvalue weighted by molar-refractivity contribution is 8.19. The number of methoxy groups -OCH3 is 1. The molecule has 0 N–H and O–H groups in total. The smallest absolute Gasteiger partial charge is 0.298 e. The monoisotopic (exact) mass is 469 g/mol. The van der Waals surface area contributed by atoms with Crippen molar-refractivity contribution in [2.24, 2.45) is 0 Å². The van der Waals surface area contributed by atoms with Crippen molar-refractivity contribution in [3.63, 3.8) is 0 Å². The molecule has 2 amide bonds. The Morgan fingerprint density at radius 1 is 1.03 bits per heavy atom. The Kier molecular flexibility index (Phi) is 6.48. The van der Waals surface area contributed by atoms with E-state index < -0.39 is 11.1 Å². The van der Waals surface area contributed by atoms with Crippen LogP contribution in [0.2, 0.25) is 5.02 Å². The number of carbonyl (C=O) groups excluding carboxylic acids is 2. The summed E-state index contributed by atoms with van der Waals surface area (Å²) in [5.41, 5.74) is 1.69. The molecule has 1 aliphatic heterocycles. The van der Waals surface area contributed by atoms with Crippen LogP contribution in [0.25, 0.3) is 6.08 Å². The van der Waals surface area contributed by atoms with Gasteiger partial charge in [-0.25, -0.2) is 9.29 Å². The van der Waals surface area contributed by atoms with E-state index in [1.165, 1.54) is 19.2 Å². The van der Waals surface area contributed by atoms with Gasteiger partial charge in [0, 0.05) is 0 Å². The van der Waals surface area contributed by atoms with Gasteiger partial charge in [-0.05, 0) is 65.4 Å². The molecule has 1 fully saturated rings. The van der Waals surface area contributed by atoms with Crippen molar-refractivity contribution in [3.8, 4) is 11.5 Å². The number of carbonyl (C=O) groups is 2. The van der Waals surface area contributed by atoms with Gasteiger partial charge in [-0.1, -0.05) is 41.9 Å². The van der Waals surface area contributed by atoms with Gasteiger partial charge in [0.1, 0.15) is 12.4 Å². The average molecular weight is 470 g/mol. The first kappa shape index (κ1) is 21.9. The second-order valence-electron chi connectivity index (χ2n) is 6.80. The Morgan fingerprint density at radius 3 is 2.59 bits per heavy atom. The number of amides is 2. The number of para-hydroxylation sites is 1. The Hall–Kier alpha value is -3.29. The van der Waals surface area contributed by atoms with Crippen LogP contribution in [0, 0.1) is 5.82 Å². The standard InChI is InChI=1S/C24H17ClFNO4S/c1-30-21-12-15(9-10-20(21)31-14-16-5-4-6-17(26)11-16)13-22-23(28)27(24(29)32-22)19-8-3-2-7-18(19)25/h2-13H,14H2,1H3/b22-13-. The highest BCUT2D eigenvalue weighted by Crippen LogP contribution is 2.39. The van der Waals surface area contributed by atoms with Crippen LogP contribution in [0.1, 0.15) is 11.1 Å². The lowest BCUT2D eigenvalue weighted by molar-refractivity contribution is -0.113. The first-order chi connectivity index (χ1) is 15.5. The van der Waals surface area contributed by atoms with E-state index in [2.05, 4.69) is 0 Å². The third-order valence-corrected chi connectivity index (χ3v) is 5.85. The number of ether oxygens (including phenoxy) is 2. The van der Waals surface area contributed by atoms with Crippen LogP contribution in [-0.4, -0.2) is 18.3 Å². The van der Waals surface area contributed by atoms with Crippen molar-refractivity contribution in [2.45, 2.75) is 6.61 Å². The minimum absolute atomic E-state index is 0.171. The predicted octanol–water partition coefficient (Wildman–Crippen LogP) is 6.31. The topological polar surface area (TPSA) is 55.8 Å². The van der Waals surface area contributed by atoms with E-state index in [1.54, 1.807) is 60.7 Å². The number of thioether (sulfide) groups is 1. The molecule has 0 bridgehead atoms. The summed E-state index contributed by atoms with van der Waals surface area (Å²) in [7, 11) is 1.50. The largest absolute Gasteiger partial charge is 0.493 e. The summed E-state index contributed by atoms with van der Waals surface area (Å²) in [6.45, 7) is 0.171. The molecule has 1 saturated heterocycles. The number of halogens is 2. The van der Waals surface area contributed by atoms with Crippen molar-refractivity contribution in [3.05, 3.63) is 93.6 Å². The molecule has 162 valence electrons. The molecule has 3 aromatic rings. The molecule has 0 radical (unpaired) electrons. The maximum absolute atomic E-state index is 13.4. The van der Waals surface area contributed by atoms with E-state index in [0.717, 1.165) is 16.7 Å². The second-order valence-corrected chi connectivity index (χ2v) is 8.20. The summed E-state index contributed by atoms with van der Waals surface area (Å²) in [6.07, 6.45) is 1.61. The van der Waals surface area contributed by atoms with Gasteiger partial charge in [-0.15, -0.1) is 0 Å². The van der Waals surface area contributed by atoms with E-state index in [4.69, 9.17) is 21.1 Å². The number of anilines is 1. The zero-order valence-corrected chi connectivity index (χ0v) is 18.5. The van der Waals surface area contributed by atoms with Gasteiger partial charge in [-0.3, -0.25) is 9.59 Å². The summed E-state index contributed by atoms with van der Waals surface area (Å²) in [4.78, 5) is 26.6. The van der Waals surface area contributed by atoms with Crippen molar-refractivity contribution in [2.75, 3.05) is 12.0 Å². The summed E-state index contributed by atoms with van der Waals surface area (Å²) >= 11 is 7.00. The number of hydrogen-bond donors (Lipinski definition) is 0. The van der Waals surface area contributed by atoms with Gasteiger partial charge in [-0.2, -0.15) is 0 Å². The first-order valence-corrected chi connectivity index (χ1v) is 10.7. The zero-order valence-electron chi connectivity index (χ0n) is 16.9. The van der Waals surface area contributed by atoms with E-state index in [0.29, 0.717) is 33.3 Å². The fourth-order valence-corrected chi connectivity index (χ4v) is 4.20. The number of imide groups is 1. The van der Waals surface area contributed by atoms with Crippen molar-refractivity contribution >= 4 is 46.3 Å². The quantitative estimate of drug-likeness (QED) is 0.396. The molecule has 1 heterocycles. The summed E-state index contributed by atoms with van der Waals surface area (Å²) in [5.74, 6) is 0.135. The first-order valence-electron chi connectivity index (χ1n) is 9.54. The molecule has 0 aromatic heterocycles. The summed E-state index contributed by atoms with van der Waals surface area (Å²) in [5, 5.41) is -0.103. The molecular weight excluding hydrogens is 453 g/mol. The molecule has 0 atom stereocenters. The molecule has 0 unspecified atom stereocenters. The molecule has 4 rings (SSSR count). The fourth-order valence-electron chi connectivity index (χ4n) is 3.14. The highest BCUT2D eigenvalue weighted by Gasteiger charge is 2.37. The lowest BCUT2D eigenvalue weighted by Gasteiger charge is -2.13. The minimum Gasteiger partial charge on any atom is -0.493 e. The predicted molar refractivity (Wildman–Crippen MR) is 124 cm³/mol. The molecule has 8 heteroatoms. The Labute approximate surface area is 193 Å². The zero-order chi connectivity index (χ0) is 22.7. The Bertz CT molecular complexity index is 1230. The minimum atomic E-state index is -0.446. The molecule has 5 nitrogen and oxygen atoms in total. The van der Waals surface area contributed by atoms with Crippen molar-refractivity contribution in [1.82, 2.24) is 0 Å². The average Bonchev–Trinajstić information content (AvgIpc) is 3.06. The molecule has 0 saturated carbocycles.